The number of carbonyl (C=O) groups is 1. The molecule has 1 amide bonds. The maximum absolute atomic E-state index is 11.4. The Bertz CT molecular complexity index is 535. The van der Waals surface area contributed by atoms with E-state index in [2.05, 4.69) is 11.4 Å². The molecule has 1 saturated heterocycles. The Morgan fingerprint density at radius 2 is 2.12 bits per heavy atom. The Balaban J connectivity index is 1.91. The van der Waals surface area contributed by atoms with Gasteiger partial charge in [0.2, 0.25) is 0 Å². The van der Waals surface area contributed by atoms with Crippen LogP contribution in [0.15, 0.2) is 35.7 Å². The summed E-state index contributed by atoms with van der Waals surface area (Å²) < 4.78 is 4.92. The number of ether oxygens (including phenoxy) is 1. The molecule has 4 heteroatoms. The van der Waals surface area contributed by atoms with Crippen LogP contribution in [-0.2, 0) is 4.74 Å². The number of amides is 1. The summed E-state index contributed by atoms with van der Waals surface area (Å²) in [4.78, 5) is 13.1. The number of anilines is 1. The van der Waals surface area contributed by atoms with Crippen LogP contribution in [0.4, 0.5) is 9.80 Å². The van der Waals surface area contributed by atoms with E-state index in [1.165, 1.54) is 0 Å². The molecule has 0 N–H and O–H groups in total. The molecule has 2 heterocycles. The van der Waals surface area contributed by atoms with Crippen molar-refractivity contribution >= 4 is 22.4 Å². The summed E-state index contributed by atoms with van der Waals surface area (Å²) in [5, 5.41) is 2.99. The summed E-state index contributed by atoms with van der Waals surface area (Å²) in [6.07, 6.45) is -0.250. The highest BCUT2D eigenvalue weighted by Crippen LogP contribution is 2.32. The first-order valence-electron chi connectivity index (χ1n) is 5.34. The third-order valence-corrected chi connectivity index (χ3v) is 3.62. The second-order valence-electron chi connectivity index (χ2n) is 3.73. The Morgan fingerprint density at radius 1 is 1.29 bits per heavy atom. The third-order valence-electron chi connectivity index (χ3n) is 2.66. The van der Waals surface area contributed by atoms with Gasteiger partial charge in [0, 0.05) is 5.38 Å². The largest absolute Gasteiger partial charge is 0.447 e. The van der Waals surface area contributed by atoms with Crippen molar-refractivity contribution in [2.45, 2.75) is 0 Å². The van der Waals surface area contributed by atoms with Crippen molar-refractivity contribution in [3.8, 4) is 11.1 Å². The van der Waals surface area contributed by atoms with E-state index in [4.69, 9.17) is 4.74 Å². The van der Waals surface area contributed by atoms with Crippen LogP contribution in [0, 0.1) is 6.07 Å². The average molecular weight is 244 g/mol. The quantitative estimate of drug-likeness (QED) is 0.812. The van der Waals surface area contributed by atoms with Gasteiger partial charge in [-0.25, -0.2) is 4.79 Å². The minimum absolute atomic E-state index is 0.250. The summed E-state index contributed by atoms with van der Waals surface area (Å²) in [6.45, 7) is 1.12. The van der Waals surface area contributed by atoms with Crippen molar-refractivity contribution in [2.24, 2.45) is 0 Å². The molecule has 1 aliphatic heterocycles. The highest BCUT2D eigenvalue weighted by Gasteiger charge is 2.24. The van der Waals surface area contributed by atoms with Gasteiger partial charge in [-0.1, -0.05) is 24.3 Å². The van der Waals surface area contributed by atoms with E-state index in [9.17, 15) is 4.79 Å². The van der Waals surface area contributed by atoms with E-state index in [-0.39, 0.29) is 6.09 Å². The molecule has 1 aliphatic rings. The van der Waals surface area contributed by atoms with E-state index < -0.39 is 0 Å². The number of nitrogens with zero attached hydrogens (tertiary/aromatic N) is 1. The Kier molecular flexibility index (Phi) is 2.57. The lowest BCUT2D eigenvalue weighted by Crippen LogP contribution is -2.21. The minimum atomic E-state index is -0.250. The molecule has 0 aliphatic carbocycles. The Labute approximate surface area is 103 Å². The number of thiophene rings is 1. The van der Waals surface area contributed by atoms with E-state index in [0.717, 1.165) is 16.1 Å². The first-order valence-corrected chi connectivity index (χ1v) is 6.22. The zero-order valence-electron chi connectivity index (χ0n) is 9.05. The first-order chi connectivity index (χ1) is 8.34. The fourth-order valence-electron chi connectivity index (χ4n) is 1.79. The molecule has 85 valence electrons. The highest BCUT2D eigenvalue weighted by atomic mass is 32.1. The number of hydrogen-bond donors (Lipinski definition) is 0. The fourth-order valence-corrected chi connectivity index (χ4v) is 2.73. The lowest BCUT2D eigenvalue weighted by Gasteiger charge is -2.08. The van der Waals surface area contributed by atoms with Crippen molar-refractivity contribution in [1.29, 1.82) is 0 Å². The lowest BCUT2D eigenvalue weighted by atomic mass is 10.1. The third kappa shape index (κ3) is 1.91. The smallest absolute Gasteiger partial charge is 0.415 e. The van der Waals surface area contributed by atoms with Crippen LogP contribution < -0.4 is 4.90 Å². The predicted molar refractivity (Wildman–Crippen MR) is 67.3 cm³/mol. The number of carbonyl (C=O) groups excluding carboxylic acids is 1. The zero-order chi connectivity index (χ0) is 11.7. The summed E-state index contributed by atoms with van der Waals surface area (Å²) in [5.74, 6) is 0. The van der Waals surface area contributed by atoms with Gasteiger partial charge in [-0.05, 0) is 23.3 Å². The van der Waals surface area contributed by atoms with Crippen LogP contribution in [0.25, 0.3) is 11.1 Å². The van der Waals surface area contributed by atoms with Gasteiger partial charge in [0.05, 0.1) is 6.54 Å². The Hall–Kier alpha value is -1.81. The number of benzene rings is 1. The summed E-state index contributed by atoms with van der Waals surface area (Å²) in [6, 6.07) is 12.8. The molecule has 0 bridgehead atoms. The van der Waals surface area contributed by atoms with Crippen LogP contribution in [0.5, 0.6) is 0 Å². The van der Waals surface area contributed by atoms with Crippen molar-refractivity contribution in [1.82, 2.24) is 0 Å². The topological polar surface area (TPSA) is 29.5 Å². The van der Waals surface area contributed by atoms with E-state index in [0.29, 0.717) is 13.2 Å². The van der Waals surface area contributed by atoms with Crippen LogP contribution in [-0.4, -0.2) is 19.2 Å². The van der Waals surface area contributed by atoms with Crippen molar-refractivity contribution in [2.75, 3.05) is 18.1 Å². The van der Waals surface area contributed by atoms with Crippen molar-refractivity contribution in [3.63, 3.8) is 0 Å². The maximum Gasteiger partial charge on any atom is 0.415 e. The number of cyclic esters (lactones) is 1. The minimum Gasteiger partial charge on any atom is -0.447 e. The second kappa shape index (κ2) is 4.22. The number of hydrogen-bond acceptors (Lipinski definition) is 3. The molecule has 0 atom stereocenters. The van der Waals surface area contributed by atoms with Crippen LogP contribution >= 0.6 is 11.3 Å². The first kappa shape index (κ1) is 10.4. The molecular weight excluding hydrogens is 234 g/mol. The molecule has 3 nitrogen and oxygen atoms in total. The monoisotopic (exact) mass is 244 g/mol. The highest BCUT2D eigenvalue weighted by molar-refractivity contribution is 7.14. The molecule has 1 aromatic carbocycles. The molecule has 1 radical (unpaired) electrons. The average Bonchev–Trinajstić information content (AvgIpc) is 2.98. The van der Waals surface area contributed by atoms with Gasteiger partial charge >= 0.3 is 6.09 Å². The molecule has 1 fully saturated rings. The fraction of sp³-hybridized carbons (Fsp3) is 0.154. The van der Waals surface area contributed by atoms with Gasteiger partial charge in [-0.3, -0.25) is 4.90 Å². The van der Waals surface area contributed by atoms with Gasteiger partial charge in [-0.2, -0.15) is 0 Å². The van der Waals surface area contributed by atoms with Gasteiger partial charge in [0.25, 0.3) is 0 Å². The predicted octanol–water partition coefficient (Wildman–Crippen LogP) is 3.17. The van der Waals surface area contributed by atoms with Gasteiger partial charge in [0.15, 0.2) is 0 Å². The molecule has 1 aromatic heterocycles. The van der Waals surface area contributed by atoms with Gasteiger partial charge in [-0.15, -0.1) is 11.3 Å². The molecule has 3 rings (SSSR count). The standard InChI is InChI=1S/C13H10NO2S/c15-13-14(6-7-16-13)12-8-11(9-17-12)10-4-2-1-3-5-10/h2-5,8-9H,6-7H2. The maximum atomic E-state index is 11.4. The SMILES string of the molecule is O=C1OCCN1c1cc(-c2cc[c]cc2)cs1. The van der Waals surface area contributed by atoms with Gasteiger partial charge in [0.1, 0.15) is 11.6 Å². The molecule has 0 spiro atoms. The molecular formula is C13H10NO2S. The van der Waals surface area contributed by atoms with Crippen molar-refractivity contribution in [3.05, 3.63) is 41.8 Å². The van der Waals surface area contributed by atoms with Gasteiger partial charge < -0.3 is 4.74 Å². The van der Waals surface area contributed by atoms with E-state index in [1.54, 1.807) is 16.2 Å². The second-order valence-corrected chi connectivity index (χ2v) is 4.62. The van der Waals surface area contributed by atoms with Crippen LogP contribution in [0.1, 0.15) is 0 Å². The normalized spacial score (nSPS) is 15.1. The van der Waals surface area contributed by atoms with Crippen LogP contribution in [0.3, 0.4) is 0 Å². The molecule has 2 aromatic rings. The Morgan fingerprint density at radius 3 is 2.82 bits per heavy atom. The van der Waals surface area contributed by atoms with E-state index in [1.807, 2.05) is 30.3 Å². The molecule has 0 unspecified atom stereocenters. The summed E-state index contributed by atoms with van der Waals surface area (Å²) in [5.41, 5.74) is 2.26. The van der Waals surface area contributed by atoms with Crippen LogP contribution in [0.2, 0.25) is 0 Å². The zero-order valence-corrected chi connectivity index (χ0v) is 9.87. The molecule has 0 saturated carbocycles. The summed E-state index contributed by atoms with van der Waals surface area (Å²) >= 11 is 1.56. The lowest BCUT2D eigenvalue weighted by molar-refractivity contribution is 0.181. The van der Waals surface area contributed by atoms with E-state index >= 15 is 0 Å². The molecule has 17 heavy (non-hydrogen) atoms. The number of rotatable bonds is 2. The summed E-state index contributed by atoms with van der Waals surface area (Å²) in [7, 11) is 0. The van der Waals surface area contributed by atoms with Crippen molar-refractivity contribution < 1.29 is 9.53 Å².